The Hall–Kier alpha value is -2.42. The highest BCUT2D eigenvalue weighted by Gasteiger charge is 2.45. The molecule has 2 aliphatic carbocycles. The van der Waals surface area contributed by atoms with Crippen LogP contribution in [0.2, 0.25) is 0 Å². The number of rotatable bonds is 6. The van der Waals surface area contributed by atoms with Gasteiger partial charge in [0.1, 0.15) is 0 Å². The molecule has 0 aliphatic heterocycles. The largest absolute Gasteiger partial charge is 0.336 e. The van der Waals surface area contributed by atoms with Crippen molar-refractivity contribution in [3.8, 4) is 0 Å². The van der Waals surface area contributed by atoms with Crippen LogP contribution in [-0.2, 0) is 11.3 Å². The maximum Gasteiger partial charge on any atom is 0.226 e. The van der Waals surface area contributed by atoms with Crippen LogP contribution in [0.3, 0.4) is 0 Å². The Morgan fingerprint density at radius 3 is 2.65 bits per heavy atom. The Morgan fingerprint density at radius 1 is 1.08 bits per heavy atom. The quantitative estimate of drug-likeness (QED) is 0.718. The molecule has 0 N–H and O–H groups in total. The van der Waals surface area contributed by atoms with Crippen LogP contribution >= 0.6 is 0 Å². The summed E-state index contributed by atoms with van der Waals surface area (Å²) in [6.45, 7) is 1.47. The number of carbonyl (C=O) groups is 1. The Morgan fingerprint density at radius 2 is 1.92 bits per heavy atom. The van der Waals surface area contributed by atoms with Gasteiger partial charge in [-0.05, 0) is 55.2 Å². The van der Waals surface area contributed by atoms with Gasteiger partial charge in [-0.15, -0.1) is 0 Å². The van der Waals surface area contributed by atoms with E-state index in [4.69, 9.17) is 0 Å². The maximum absolute atomic E-state index is 13.2. The molecule has 3 nitrogen and oxygen atoms in total. The van der Waals surface area contributed by atoms with Crippen LogP contribution in [0.25, 0.3) is 0 Å². The molecule has 1 aromatic heterocycles. The van der Waals surface area contributed by atoms with Crippen molar-refractivity contribution in [3.05, 3.63) is 78.1 Å². The zero-order chi connectivity index (χ0) is 17.8. The average molecular weight is 346 g/mol. The van der Waals surface area contributed by atoms with Gasteiger partial charge in [0.2, 0.25) is 5.91 Å². The SMILES string of the molecule is O=C([C@H]1C[C@H]1c1ccccc1)N(Cc1ccccn1)C[C@@H]1CC=CCC1. The van der Waals surface area contributed by atoms with E-state index in [1.807, 2.05) is 30.5 Å². The summed E-state index contributed by atoms with van der Waals surface area (Å²) >= 11 is 0. The molecule has 0 unspecified atom stereocenters. The highest BCUT2D eigenvalue weighted by atomic mass is 16.2. The minimum absolute atomic E-state index is 0.139. The third-order valence-corrected chi connectivity index (χ3v) is 5.58. The summed E-state index contributed by atoms with van der Waals surface area (Å²) in [5.74, 6) is 1.40. The molecule has 3 heteroatoms. The molecule has 0 bridgehead atoms. The van der Waals surface area contributed by atoms with Crippen LogP contribution in [0.15, 0.2) is 66.9 Å². The van der Waals surface area contributed by atoms with Crippen molar-refractivity contribution in [2.45, 2.75) is 38.1 Å². The summed E-state index contributed by atoms with van der Waals surface area (Å²) < 4.78 is 0. The number of hydrogen-bond acceptors (Lipinski definition) is 2. The molecule has 0 saturated heterocycles. The zero-order valence-corrected chi connectivity index (χ0v) is 15.1. The number of hydrogen-bond donors (Lipinski definition) is 0. The molecule has 1 saturated carbocycles. The van der Waals surface area contributed by atoms with Gasteiger partial charge in [0.05, 0.1) is 12.2 Å². The summed E-state index contributed by atoms with van der Waals surface area (Å²) in [7, 11) is 0. The molecule has 1 amide bonds. The lowest BCUT2D eigenvalue weighted by Gasteiger charge is -2.28. The topological polar surface area (TPSA) is 33.2 Å². The first-order valence-electron chi connectivity index (χ1n) is 9.70. The Labute approximate surface area is 155 Å². The molecule has 2 aliphatic rings. The van der Waals surface area contributed by atoms with E-state index in [9.17, 15) is 4.79 Å². The summed E-state index contributed by atoms with van der Waals surface area (Å²) in [4.78, 5) is 19.8. The normalized spacial score (nSPS) is 24.2. The summed E-state index contributed by atoms with van der Waals surface area (Å²) in [6.07, 6.45) is 10.7. The predicted octanol–water partition coefficient (Wildman–Crippen LogP) is 4.57. The van der Waals surface area contributed by atoms with Gasteiger partial charge in [0.25, 0.3) is 0 Å². The molecular formula is C23H26N2O. The second-order valence-electron chi connectivity index (χ2n) is 7.55. The monoisotopic (exact) mass is 346 g/mol. The smallest absolute Gasteiger partial charge is 0.226 e. The van der Waals surface area contributed by atoms with Crippen LogP contribution in [0.5, 0.6) is 0 Å². The number of nitrogens with zero attached hydrogens (tertiary/aromatic N) is 2. The number of aromatic nitrogens is 1. The second kappa shape index (κ2) is 7.86. The molecule has 1 fully saturated rings. The summed E-state index contributed by atoms with van der Waals surface area (Å²) in [6, 6.07) is 16.4. The number of amides is 1. The molecule has 4 rings (SSSR count). The number of pyridine rings is 1. The van der Waals surface area contributed by atoms with Crippen molar-refractivity contribution in [3.63, 3.8) is 0 Å². The van der Waals surface area contributed by atoms with Crippen molar-refractivity contribution in [2.75, 3.05) is 6.54 Å². The summed E-state index contributed by atoms with van der Waals surface area (Å²) in [5.41, 5.74) is 2.27. The molecule has 2 aromatic rings. The Bertz CT molecular complexity index is 756. The van der Waals surface area contributed by atoms with E-state index in [0.717, 1.165) is 31.5 Å². The first kappa shape index (κ1) is 17.0. The van der Waals surface area contributed by atoms with Gasteiger partial charge >= 0.3 is 0 Å². The molecule has 26 heavy (non-hydrogen) atoms. The van der Waals surface area contributed by atoms with Crippen molar-refractivity contribution in [1.82, 2.24) is 9.88 Å². The third-order valence-electron chi connectivity index (χ3n) is 5.58. The van der Waals surface area contributed by atoms with Gasteiger partial charge in [-0.1, -0.05) is 48.6 Å². The van der Waals surface area contributed by atoms with E-state index in [1.165, 1.54) is 12.0 Å². The molecule has 134 valence electrons. The number of allylic oxidation sites excluding steroid dienone is 2. The van der Waals surface area contributed by atoms with Crippen LogP contribution in [0.4, 0.5) is 0 Å². The fourth-order valence-electron chi connectivity index (χ4n) is 4.02. The minimum Gasteiger partial charge on any atom is -0.336 e. The van der Waals surface area contributed by atoms with Crippen LogP contribution in [0.1, 0.15) is 42.9 Å². The van der Waals surface area contributed by atoms with Crippen LogP contribution in [0, 0.1) is 11.8 Å². The van der Waals surface area contributed by atoms with Gasteiger partial charge in [0.15, 0.2) is 0 Å². The number of carbonyl (C=O) groups excluding carboxylic acids is 1. The second-order valence-corrected chi connectivity index (χ2v) is 7.55. The molecular weight excluding hydrogens is 320 g/mol. The summed E-state index contributed by atoms with van der Waals surface area (Å²) in [5, 5.41) is 0. The zero-order valence-electron chi connectivity index (χ0n) is 15.1. The van der Waals surface area contributed by atoms with Crippen molar-refractivity contribution >= 4 is 5.91 Å². The lowest BCUT2D eigenvalue weighted by Crippen LogP contribution is -2.36. The third kappa shape index (κ3) is 4.04. The van der Waals surface area contributed by atoms with E-state index in [-0.39, 0.29) is 5.92 Å². The first-order chi connectivity index (χ1) is 12.8. The minimum atomic E-state index is 0.139. The Kier molecular flexibility index (Phi) is 5.14. The molecule has 1 heterocycles. The van der Waals surface area contributed by atoms with E-state index in [2.05, 4.69) is 46.3 Å². The fourth-order valence-corrected chi connectivity index (χ4v) is 4.02. The van der Waals surface area contributed by atoms with Gasteiger partial charge in [0, 0.05) is 18.7 Å². The van der Waals surface area contributed by atoms with E-state index < -0.39 is 0 Å². The Balaban J connectivity index is 1.46. The number of benzene rings is 1. The van der Waals surface area contributed by atoms with E-state index in [1.54, 1.807) is 0 Å². The maximum atomic E-state index is 13.2. The molecule has 0 radical (unpaired) electrons. The highest BCUT2D eigenvalue weighted by Crippen LogP contribution is 2.48. The van der Waals surface area contributed by atoms with Crippen molar-refractivity contribution < 1.29 is 4.79 Å². The van der Waals surface area contributed by atoms with Crippen molar-refractivity contribution in [2.24, 2.45) is 11.8 Å². The van der Waals surface area contributed by atoms with E-state index in [0.29, 0.717) is 24.3 Å². The van der Waals surface area contributed by atoms with Gasteiger partial charge in [-0.25, -0.2) is 0 Å². The van der Waals surface area contributed by atoms with Gasteiger partial charge < -0.3 is 4.90 Å². The highest BCUT2D eigenvalue weighted by molar-refractivity contribution is 5.83. The average Bonchev–Trinajstić information content (AvgIpc) is 3.50. The molecule has 0 spiro atoms. The van der Waals surface area contributed by atoms with Crippen LogP contribution in [-0.4, -0.2) is 22.3 Å². The van der Waals surface area contributed by atoms with Crippen molar-refractivity contribution in [1.29, 1.82) is 0 Å². The first-order valence-corrected chi connectivity index (χ1v) is 9.70. The van der Waals surface area contributed by atoms with E-state index >= 15 is 0 Å². The lowest BCUT2D eigenvalue weighted by molar-refractivity contribution is -0.134. The van der Waals surface area contributed by atoms with Gasteiger partial charge in [-0.3, -0.25) is 9.78 Å². The van der Waals surface area contributed by atoms with Crippen LogP contribution < -0.4 is 0 Å². The standard InChI is InChI=1S/C23H26N2O/c26-23(22-15-21(22)19-11-5-2-6-12-19)25(16-18-9-3-1-4-10-18)17-20-13-7-8-14-24-20/h1-3,5-8,11-14,18,21-22H,4,9-10,15-17H2/t18-,21+,22+/m1/s1. The predicted molar refractivity (Wildman–Crippen MR) is 103 cm³/mol. The molecule has 3 atom stereocenters. The molecule has 1 aromatic carbocycles. The van der Waals surface area contributed by atoms with Gasteiger partial charge in [-0.2, -0.15) is 0 Å². The lowest BCUT2D eigenvalue weighted by atomic mass is 9.93. The fraction of sp³-hybridized carbons (Fsp3) is 0.391.